The molecule has 0 amide bonds. The van der Waals surface area contributed by atoms with Crippen molar-refractivity contribution >= 4 is 23.4 Å². The molecule has 0 radical (unpaired) electrons. The summed E-state index contributed by atoms with van der Waals surface area (Å²) in [5.41, 5.74) is 4.04. The van der Waals surface area contributed by atoms with E-state index in [1.165, 1.54) is 6.07 Å². The molecule has 0 spiro atoms. The van der Waals surface area contributed by atoms with Crippen LogP contribution in [0.25, 0.3) is 0 Å². The minimum atomic E-state index is -0.307. The maximum absolute atomic E-state index is 14.3. The summed E-state index contributed by atoms with van der Waals surface area (Å²) in [5, 5.41) is 3.12. The van der Waals surface area contributed by atoms with Crippen molar-refractivity contribution in [1.29, 1.82) is 0 Å². The van der Waals surface area contributed by atoms with Crippen molar-refractivity contribution < 1.29 is 4.39 Å². The summed E-state index contributed by atoms with van der Waals surface area (Å²) in [7, 11) is 1.93. The molecule has 0 heterocycles. The van der Waals surface area contributed by atoms with Gasteiger partial charge in [-0.2, -0.15) is 0 Å². The lowest BCUT2D eigenvalue weighted by atomic mass is 10.1. The molecule has 0 aliphatic carbocycles. The van der Waals surface area contributed by atoms with E-state index in [0.29, 0.717) is 11.4 Å². The summed E-state index contributed by atoms with van der Waals surface area (Å²) in [5.74, 6) is -0.307. The molecular weight excluding hydrogens is 277 g/mol. The zero-order chi connectivity index (χ0) is 16.1. The van der Waals surface area contributed by atoms with Crippen molar-refractivity contribution in [2.45, 2.75) is 20.8 Å². The Hall–Kier alpha value is -2.36. The van der Waals surface area contributed by atoms with Crippen molar-refractivity contribution in [3.05, 3.63) is 53.3 Å². The number of aryl methyl sites for hydroxylation is 2. The first-order valence-corrected chi connectivity index (χ1v) is 7.38. The average molecular weight is 299 g/mol. The van der Waals surface area contributed by atoms with E-state index < -0.39 is 0 Å². The third-order valence-corrected chi connectivity index (χ3v) is 3.48. The van der Waals surface area contributed by atoms with Crippen molar-refractivity contribution in [3.63, 3.8) is 0 Å². The van der Waals surface area contributed by atoms with Gasteiger partial charge >= 0.3 is 0 Å². The van der Waals surface area contributed by atoms with Gasteiger partial charge in [0.15, 0.2) is 0 Å². The molecule has 0 saturated heterocycles. The third kappa shape index (κ3) is 4.07. The Labute approximate surface area is 131 Å². The maximum atomic E-state index is 14.3. The summed E-state index contributed by atoms with van der Waals surface area (Å²) >= 11 is 0. The highest BCUT2D eigenvalue weighted by molar-refractivity contribution is 5.68. The Morgan fingerprint density at radius 3 is 2.68 bits per heavy atom. The number of benzene rings is 2. The van der Waals surface area contributed by atoms with E-state index in [0.717, 1.165) is 23.4 Å². The average Bonchev–Trinajstić information content (AvgIpc) is 2.49. The Morgan fingerprint density at radius 1 is 1.23 bits per heavy atom. The molecular formula is C18H22FN3. The molecule has 1 N–H and O–H groups in total. The van der Waals surface area contributed by atoms with Gasteiger partial charge in [-0.3, -0.25) is 0 Å². The van der Waals surface area contributed by atoms with Gasteiger partial charge in [-0.1, -0.05) is 12.1 Å². The lowest BCUT2D eigenvalue weighted by molar-refractivity contribution is 0.552. The Kier molecular flexibility index (Phi) is 5.15. The predicted octanol–water partition coefficient (Wildman–Crippen LogP) is 4.80. The topological polar surface area (TPSA) is 27.6 Å². The number of aliphatic imine (C=N–C) groups is 1. The van der Waals surface area contributed by atoms with Gasteiger partial charge in [0.25, 0.3) is 0 Å². The van der Waals surface area contributed by atoms with E-state index >= 15 is 0 Å². The molecule has 3 nitrogen and oxygen atoms in total. The van der Waals surface area contributed by atoms with Crippen LogP contribution in [-0.2, 0) is 0 Å². The summed E-state index contributed by atoms with van der Waals surface area (Å²) in [6.45, 7) is 6.83. The fourth-order valence-corrected chi connectivity index (χ4v) is 2.03. The van der Waals surface area contributed by atoms with Gasteiger partial charge in [0.2, 0.25) is 0 Å². The van der Waals surface area contributed by atoms with E-state index in [1.807, 2.05) is 57.0 Å². The molecule has 0 atom stereocenters. The first-order valence-electron chi connectivity index (χ1n) is 7.38. The summed E-state index contributed by atoms with van der Waals surface area (Å²) < 4.78 is 14.3. The van der Waals surface area contributed by atoms with Crippen LogP contribution in [-0.4, -0.2) is 24.8 Å². The smallest absolute Gasteiger partial charge is 0.148 e. The number of hydrogen-bond donors (Lipinski definition) is 1. The third-order valence-electron chi connectivity index (χ3n) is 3.48. The number of anilines is 2. The summed E-state index contributed by atoms with van der Waals surface area (Å²) in [6.07, 6.45) is 1.72. The normalized spacial score (nSPS) is 11.0. The van der Waals surface area contributed by atoms with E-state index in [2.05, 4.69) is 10.3 Å². The Morgan fingerprint density at radius 2 is 2.00 bits per heavy atom. The fourth-order valence-electron chi connectivity index (χ4n) is 2.03. The molecule has 4 heteroatoms. The van der Waals surface area contributed by atoms with Crippen LogP contribution in [0.3, 0.4) is 0 Å². The predicted molar refractivity (Wildman–Crippen MR) is 92.1 cm³/mol. The molecule has 116 valence electrons. The van der Waals surface area contributed by atoms with Gasteiger partial charge in [-0.25, -0.2) is 9.38 Å². The molecule has 0 saturated carbocycles. The van der Waals surface area contributed by atoms with Gasteiger partial charge in [0.1, 0.15) is 5.82 Å². The van der Waals surface area contributed by atoms with E-state index in [1.54, 1.807) is 12.4 Å². The SMILES string of the molecule is CCN(C)/C=N/c1cc(F)c(Nc2cccc(C)c2)cc1C. The molecule has 0 aromatic heterocycles. The summed E-state index contributed by atoms with van der Waals surface area (Å²) in [4.78, 5) is 6.27. The highest BCUT2D eigenvalue weighted by atomic mass is 19.1. The van der Waals surface area contributed by atoms with Crippen LogP contribution in [0.4, 0.5) is 21.5 Å². The van der Waals surface area contributed by atoms with Gasteiger partial charge in [-0.15, -0.1) is 0 Å². The van der Waals surface area contributed by atoms with E-state index in [-0.39, 0.29) is 5.82 Å². The first kappa shape index (κ1) is 16.0. The molecule has 22 heavy (non-hydrogen) atoms. The van der Waals surface area contributed by atoms with Crippen LogP contribution in [0.5, 0.6) is 0 Å². The largest absolute Gasteiger partial charge is 0.366 e. The van der Waals surface area contributed by atoms with Crippen LogP contribution in [0.15, 0.2) is 41.4 Å². The molecule has 0 aliphatic rings. The zero-order valence-corrected chi connectivity index (χ0v) is 13.5. The van der Waals surface area contributed by atoms with Crippen LogP contribution in [0.2, 0.25) is 0 Å². The molecule has 0 unspecified atom stereocenters. The van der Waals surface area contributed by atoms with E-state index in [4.69, 9.17) is 0 Å². The van der Waals surface area contributed by atoms with E-state index in [9.17, 15) is 4.39 Å². The van der Waals surface area contributed by atoms with Crippen LogP contribution < -0.4 is 5.32 Å². The van der Waals surface area contributed by atoms with Crippen molar-refractivity contribution in [2.75, 3.05) is 18.9 Å². The summed E-state index contributed by atoms with van der Waals surface area (Å²) in [6, 6.07) is 11.1. The molecule has 0 bridgehead atoms. The van der Waals surface area contributed by atoms with Crippen molar-refractivity contribution in [3.8, 4) is 0 Å². The first-order chi connectivity index (χ1) is 10.5. The van der Waals surface area contributed by atoms with Gasteiger partial charge < -0.3 is 10.2 Å². The number of nitrogens with zero attached hydrogens (tertiary/aromatic N) is 2. The van der Waals surface area contributed by atoms with Crippen LogP contribution in [0.1, 0.15) is 18.1 Å². The molecule has 2 rings (SSSR count). The minimum absolute atomic E-state index is 0.307. The standard InChI is InChI=1S/C18H22FN3/c1-5-22(4)12-20-17-11-16(19)18(10-14(17)3)21-15-8-6-7-13(2)9-15/h6-12,21H,5H2,1-4H3/b20-12+. The van der Waals surface area contributed by atoms with Crippen molar-refractivity contribution in [1.82, 2.24) is 4.90 Å². The van der Waals surface area contributed by atoms with Gasteiger partial charge in [0, 0.05) is 25.3 Å². The lowest BCUT2D eigenvalue weighted by Crippen LogP contribution is -2.14. The molecule has 0 aliphatic heterocycles. The Balaban J connectivity index is 2.24. The van der Waals surface area contributed by atoms with Gasteiger partial charge in [-0.05, 0) is 50.1 Å². The number of hydrogen-bond acceptors (Lipinski definition) is 2. The molecule has 2 aromatic rings. The van der Waals surface area contributed by atoms with Gasteiger partial charge in [0.05, 0.1) is 17.7 Å². The van der Waals surface area contributed by atoms with Crippen LogP contribution in [0, 0.1) is 19.7 Å². The van der Waals surface area contributed by atoms with Crippen molar-refractivity contribution in [2.24, 2.45) is 4.99 Å². The van der Waals surface area contributed by atoms with Crippen LogP contribution >= 0.6 is 0 Å². The Bertz CT molecular complexity index is 680. The second kappa shape index (κ2) is 7.07. The second-order valence-corrected chi connectivity index (χ2v) is 5.43. The number of rotatable bonds is 5. The lowest BCUT2D eigenvalue weighted by Gasteiger charge is -2.12. The minimum Gasteiger partial charge on any atom is -0.366 e. The molecule has 2 aromatic carbocycles. The fraction of sp³-hybridized carbons (Fsp3) is 0.278. The zero-order valence-electron chi connectivity index (χ0n) is 13.5. The number of halogens is 1. The molecule has 0 fully saturated rings. The highest BCUT2D eigenvalue weighted by Gasteiger charge is 2.07. The maximum Gasteiger partial charge on any atom is 0.148 e. The second-order valence-electron chi connectivity index (χ2n) is 5.43. The highest BCUT2D eigenvalue weighted by Crippen LogP contribution is 2.28. The number of nitrogens with one attached hydrogen (secondary N) is 1. The monoisotopic (exact) mass is 299 g/mol. The quantitative estimate of drug-likeness (QED) is 0.634.